The first-order valence-corrected chi connectivity index (χ1v) is 13.9. The van der Waals surface area contributed by atoms with E-state index in [1.54, 1.807) is 60.3 Å². The first-order valence-electron chi connectivity index (χ1n) is 10.1. The van der Waals surface area contributed by atoms with Gasteiger partial charge in [-0.05, 0) is 53.6 Å². The number of nitrogens with zero attached hydrogens (tertiary/aromatic N) is 1. The molecule has 0 heterocycles. The van der Waals surface area contributed by atoms with Gasteiger partial charge >= 0.3 is 0 Å². The molecule has 0 aliphatic heterocycles. The van der Waals surface area contributed by atoms with Gasteiger partial charge in [-0.3, -0.25) is 9.10 Å². The van der Waals surface area contributed by atoms with Crippen molar-refractivity contribution in [1.29, 1.82) is 0 Å². The monoisotopic (exact) mass is 522 g/mol. The van der Waals surface area contributed by atoms with E-state index in [9.17, 15) is 13.2 Å². The maximum atomic E-state index is 12.4. The van der Waals surface area contributed by atoms with Crippen LogP contribution in [-0.4, -0.2) is 32.9 Å². The lowest BCUT2D eigenvalue weighted by Crippen LogP contribution is -2.29. The second-order valence-electron chi connectivity index (χ2n) is 7.38. The van der Waals surface area contributed by atoms with Crippen LogP contribution >= 0.6 is 35.0 Å². The van der Waals surface area contributed by atoms with E-state index in [1.165, 1.54) is 4.31 Å². The van der Waals surface area contributed by atoms with E-state index in [0.717, 1.165) is 33.9 Å². The third-order valence-electron chi connectivity index (χ3n) is 4.73. The maximum absolute atomic E-state index is 12.4. The van der Waals surface area contributed by atoms with Gasteiger partial charge in [-0.15, -0.1) is 0 Å². The zero-order valence-corrected chi connectivity index (χ0v) is 21.1. The predicted molar refractivity (Wildman–Crippen MR) is 139 cm³/mol. The molecule has 174 valence electrons. The average Bonchev–Trinajstić information content (AvgIpc) is 2.77. The van der Waals surface area contributed by atoms with Crippen LogP contribution in [0.4, 0.5) is 5.69 Å². The highest BCUT2D eigenvalue weighted by molar-refractivity contribution is 7.98. The summed E-state index contributed by atoms with van der Waals surface area (Å²) < 4.78 is 25.9. The van der Waals surface area contributed by atoms with E-state index in [2.05, 4.69) is 5.32 Å². The van der Waals surface area contributed by atoms with Crippen molar-refractivity contribution < 1.29 is 13.2 Å². The Hall–Kier alpha value is -2.19. The van der Waals surface area contributed by atoms with E-state index in [4.69, 9.17) is 23.2 Å². The fraction of sp³-hybridized carbons (Fsp3) is 0.208. The largest absolute Gasteiger partial charge is 0.351 e. The lowest BCUT2D eigenvalue weighted by atomic mass is 10.1. The van der Waals surface area contributed by atoms with Crippen molar-refractivity contribution in [3.8, 4) is 0 Å². The van der Waals surface area contributed by atoms with Crippen molar-refractivity contribution in [1.82, 2.24) is 5.32 Å². The molecule has 0 unspecified atom stereocenters. The number of sulfonamides is 1. The van der Waals surface area contributed by atoms with Gasteiger partial charge in [-0.2, -0.15) is 11.8 Å². The molecule has 0 aliphatic carbocycles. The van der Waals surface area contributed by atoms with Crippen LogP contribution in [0.1, 0.15) is 21.5 Å². The smallest absolute Gasteiger partial charge is 0.251 e. The SMILES string of the molecule is CS(=O)(=O)N(Cc1ccc(C(=O)NCCSCc2cccc(Cl)c2)cc1)c1cccc(Cl)c1. The summed E-state index contributed by atoms with van der Waals surface area (Å²) in [5, 5.41) is 4.08. The van der Waals surface area contributed by atoms with Crippen molar-refractivity contribution in [2.45, 2.75) is 12.3 Å². The summed E-state index contributed by atoms with van der Waals surface area (Å²) in [6.45, 7) is 0.684. The molecule has 0 saturated carbocycles. The standard InChI is InChI=1S/C24H24Cl2N2O3S2/c1-33(30,31)28(23-7-3-6-22(26)15-23)16-18-8-10-20(11-9-18)24(29)27-12-13-32-17-19-4-2-5-21(25)14-19/h2-11,14-15H,12-13,16-17H2,1H3,(H,27,29). The number of rotatable bonds is 10. The molecule has 0 radical (unpaired) electrons. The van der Waals surface area contributed by atoms with Gasteiger partial charge in [0, 0.05) is 33.7 Å². The lowest BCUT2D eigenvalue weighted by Gasteiger charge is -2.22. The summed E-state index contributed by atoms with van der Waals surface area (Å²) in [7, 11) is -3.51. The third-order valence-corrected chi connectivity index (χ3v) is 7.37. The van der Waals surface area contributed by atoms with Gasteiger partial charge in [0.15, 0.2) is 0 Å². The quantitative estimate of drug-likeness (QED) is 0.350. The zero-order valence-electron chi connectivity index (χ0n) is 18.0. The van der Waals surface area contributed by atoms with Gasteiger partial charge in [-0.1, -0.05) is 53.5 Å². The number of carbonyl (C=O) groups excluding carboxylic acids is 1. The van der Waals surface area contributed by atoms with Crippen molar-refractivity contribution in [2.75, 3.05) is 22.9 Å². The number of thioether (sulfide) groups is 1. The van der Waals surface area contributed by atoms with Gasteiger partial charge in [0.1, 0.15) is 0 Å². The molecule has 3 rings (SSSR count). The molecule has 9 heteroatoms. The molecule has 0 saturated heterocycles. The minimum Gasteiger partial charge on any atom is -0.351 e. The average molecular weight is 524 g/mol. The molecule has 5 nitrogen and oxygen atoms in total. The van der Waals surface area contributed by atoms with Crippen LogP contribution in [0.25, 0.3) is 0 Å². The Bertz CT molecular complexity index is 1200. The summed E-state index contributed by atoms with van der Waals surface area (Å²) in [6, 6.07) is 21.3. The fourth-order valence-corrected chi connectivity index (χ4v) is 5.20. The molecule has 0 atom stereocenters. The molecule has 0 spiro atoms. The Balaban J connectivity index is 1.52. The summed E-state index contributed by atoms with van der Waals surface area (Å²) >= 11 is 13.7. The topological polar surface area (TPSA) is 66.5 Å². The summed E-state index contributed by atoms with van der Waals surface area (Å²) in [5.74, 6) is 1.44. The number of hydrogen-bond donors (Lipinski definition) is 1. The molecule has 0 aliphatic rings. The molecule has 3 aromatic carbocycles. The Kier molecular flexibility index (Phi) is 9.09. The van der Waals surface area contributed by atoms with Gasteiger partial charge < -0.3 is 5.32 Å². The molecule has 1 N–H and O–H groups in total. The molecule has 1 amide bonds. The minimum atomic E-state index is -3.51. The number of halogens is 2. The molecule has 0 bridgehead atoms. The van der Waals surface area contributed by atoms with Gasteiger partial charge in [0.2, 0.25) is 10.0 Å². The van der Waals surface area contributed by atoms with Gasteiger partial charge in [-0.25, -0.2) is 8.42 Å². The number of benzene rings is 3. The Morgan fingerprint density at radius 1 is 0.939 bits per heavy atom. The summed E-state index contributed by atoms with van der Waals surface area (Å²) in [5.41, 5.74) is 2.92. The van der Waals surface area contributed by atoms with Gasteiger partial charge in [0.25, 0.3) is 5.91 Å². The fourth-order valence-electron chi connectivity index (χ4n) is 3.11. The third kappa shape index (κ3) is 7.96. The second kappa shape index (κ2) is 11.8. The van der Waals surface area contributed by atoms with Crippen LogP contribution in [0.15, 0.2) is 72.8 Å². The van der Waals surface area contributed by atoms with E-state index < -0.39 is 10.0 Å². The second-order valence-corrected chi connectivity index (χ2v) is 11.3. The summed E-state index contributed by atoms with van der Waals surface area (Å²) in [4.78, 5) is 12.4. The number of carbonyl (C=O) groups is 1. The Morgan fingerprint density at radius 2 is 1.61 bits per heavy atom. The van der Waals surface area contributed by atoms with Crippen molar-refractivity contribution in [3.05, 3.63) is 99.5 Å². The summed E-state index contributed by atoms with van der Waals surface area (Å²) in [6.07, 6.45) is 1.15. The maximum Gasteiger partial charge on any atom is 0.251 e. The van der Waals surface area contributed by atoms with Crippen LogP contribution in [-0.2, 0) is 22.3 Å². The van der Waals surface area contributed by atoms with E-state index in [1.807, 2.05) is 24.3 Å². The van der Waals surface area contributed by atoms with Crippen LogP contribution in [0, 0.1) is 0 Å². The lowest BCUT2D eigenvalue weighted by molar-refractivity contribution is 0.0956. The number of anilines is 1. The normalized spacial score (nSPS) is 11.2. The first-order chi connectivity index (χ1) is 15.7. The Labute approximate surface area is 209 Å². The highest BCUT2D eigenvalue weighted by Crippen LogP contribution is 2.24. The molecule has 33 heavy (non-hydrogen) atoms. The first kappa shape index (κ1) is 25.4. The minimum absolute atomic E-state index is 0.140. The van der Waals surface area contributed by atoms with E-state index in [0.29, 0.717) is 22.8 Å². The number of hydrogen-bond acceptors (Lipinski definition) is 4. The van der Waals surface area contributed by atoms with Crippen molar-refractivity contribution in [2.24, 2.45) is 0 Å². The van der Waals surface area contributed by atoms with Crippen molar-refractivity contribution >= 4 is 56.6 Å². The zero-order chi connectivity index (χ0) is 23.8. The highest BCUT2D eigenvalue weighted by atomic mass is 35.5. The van der Waals surface area contributed by atoms with Crippen LogP contribution in [0.2, 0.25) is 10.0 Å². The molecule has 0 aromatic heterocycles. The number of nitrogens with one attached hydrogen (secondary N) is 1. The van der Waals surface area contributed by atoms with Crippen molar-refractivity contribution in [3.63, 3.8) is 0 Å². The number of amides is 1. The highest BCUT2D eigenvalue weighted by Gasteiger charge is 2.18. The predicted octanol–water partition coefficient (Wildman–Crippen LogP) is 5.62. The Morgan fingerprint density at radius 3 is 2.24 bits per heavy atom. The van der Waals surface area contributed by atoms with Crippen LogP contribution < -0.4 is 9.62 Å². The van der Waals surface area contributed by atoms with E-state index >= 15 is 0 Å². The molecular formula is C24H24Cl2N2O3S2. The molecule has 0 fully saturated rings. The molecule has 3 aromatic rings. The van der Waals surface area contributed by atoms with E-state index in [-0.39, 0.29) is 12.5 Å². The van der Waals surface area contributed by atoms with Crippen LogP contribution in [0.3, 0.4) is 0 Å². The molecular weight excluding hydrogens is 499 g/mol. The van der Waals surface area contributed by atoms with Gasteiger partial charge in [0.05, 0.1) is 18.5 Å². The van der Waals surface area contributed by atoms with Crippen LogP contribution in [0.5, 0.6) is 0 Å².